The summed E-state index contributed by atoms with van der Waals surface area (Å²) in [4.78, 5) is 11.8. The molecule has 0 spiro atoms. The van der Waals surface area contributed by atoms with Crippen LogP contribution in [-0.2, 0) is 11.3 Å². The van der Waals surface area contributed by atoms with Crippen molar-refractivity contribution in [2.75, 3.05) is 5.32 Å². The number of aromatic nitrogens is 2. The van der Waals surface area contributed by atoms with E-state index in [-0.39, 0.29) is 18.1 Å². The number of carbonyl (C=O) groups is 1. The molecule has 0 aliphatic carbocycles. The number of anilines is 1. The molecule has 1 heterocycles. The average Bonchev–Trinajstić information content (AvgIpc) is 2.60. The van der Waals surface area contributed by atoms with Gasteiger partial charge in [0.15, 0.2) is 0 Å². The number of alkyl halides is 3. The first-order valence-corrected chi connectivity index (χ1v) is 5.65. The maximum Gasteiger partial charge on any atom is 0.408 e. The molecule has 20 heavy (non-hydrogen) atoms. The van der Waals surface area contributed by atoms with E-state index in [1.165, 1.54) is 0 Å². The van der Waals surface area contributed by atoms with Gasteiger partial charge in [-0.2, -0.15) is 18.3 Å². The van der Waals surface area contributed by atoms with Crippen molar-refractivity contribution in [2.45, 2.75) is 39.5 Å². The largest absolute Gasteiger partial charge is 0.408 e. The number of rotatable bonds is 3. The van der Waals surface area contributed by atoms with Crippen molar-refractivity contribution >= 4 is 24.0 Å². The SMILES string of the molecule is CC(C)(C)[C@H](N)C(=O)Nc1cnn(CC(F)(F)F)c1.Cl. The molecule has 0 aliphatic rings. The predicted octanol–water partition coefficient (Wildman–Crippen LogP) is 2.18. The van der Waals surface area contributed by atoms with E-state index in [4.69, 9.17) is 5.73 Å². The molecule has 0 bridgehead atoms. The molecule has 0 fully saturated rings. The lowest BCUT2D eigenvalue weighted by atomic mass is 9.87. The third-order valence-electron chi connectivity index (χ3n) is 2.46. The first-order chi connectivity index (χ1) is 8.49. The summed E-state index contributed by atoms with van der Waals surface area (Å²) in [5, 5.41) is 5.96. The van der Waals surface area contributed by atoms with Crippen LogP contribution in [-0.4, -0.2) is 27.9 Å². The van der Waals surface area contributed by atoms with Gasteiger partial charge in [-0.3, -0.25) is 9.48 Å². The number of carbonyl (C=O) groups excluding carboxylic acids is 1. The molecule has 116 valence electrons. The van der Waals surface area contributed by atoms with Crippen molar-refractivity contribution in [1.82, 2.24) is 9.78 Å². The third-order valence-corrected chi connectivity index (χ3v) is 2.46. The first kappa shape index (κ1) is 18.7. The normalized spacial score (nSPS) is 13.6. The van der Waals surface area contributed by atoms with Gasteiger partial charge >= 0.3 is 6.18 Å². The van der Waals surface area contributed by atoms with Crippen LogP contribution in [0.3, 0.4) is 0 Å². The van der Waals surface area contributed by atoms with Crippen LogP contribution in [0.25, 0.3) is 0 Å². The number of nitrogens with one attached hydrogen (secondary N) is 1. The van der Waals surface area contributed by atoms with Crippen LogP contribution >= 0.6 is 12.4 Å². The minimum atomic E-state index is -4.35. The van der Waals surface area contributed by atoms with Gasteiger partial charge in [0.05, 0.1) is 17.9 Å². The highest BCUT2D eigenvalue weighted by Gasteiger charge is 2.29. The molecule has 0 saturated carbocycles. The lowest BCUT2D eigenvalue weighted by Crippen LogP contribution is -2.45. The summed E-state index contributed by atoms with van der Waals surface area (Å²) in [7, 11) is 0. The van der Waals surface area contributed by atoms with Gasteiger partial charge in [0, 0.05) is 6.20 Å². The van der Waals surface area contributed by atoms with Crippen molar-refractivity contribution in [3.63, 3.8) is 0 Å². The van der Waals surface area contributed by atoms with Gasteiger partial charge in [0.25, 0.3) is 0 Å². The van der Waals surface area contributed by atoms with Crippen molar-refractivity contribution in [1.29, 1.82) is 0 Å². The Labute approximate surface area is 121 Å². The highest BCUT2D eigenvalue weighted by molar-refractivity contribution is 5.94. The minimum Gasteiger partial charge on any atom is -0.322 e. The predicted molar refractivity (Wildman–Crippen MR) is 71.6 cm³/mol. The van der Waals surface area contributed by atoms with Crippen molar-refractivity contribution in [2.24, 2.45) is 11.1 Å². The van der Waals surface area contributed by atoms with Gasteiger partial charge in [-0.1, -0.05) is 20.8 Å². The van der Waals surface area contributed by atoms with Crippen LogP contribution in [0.1, 0.15) is 20.8 Å². The first-order valence-electron chi connectivity index (χ1n) is 5.65. The highest BCUT2D eigenvalue weighted by Crippen LogP contribution is 2.20. The standard InChI is InChI=1S/C11H17F3N4O.ClH/c1-10(2,3)8(15)9(19)17-7-4-16-18(5-7)6-11(12,13)14;/h4-5,8H,6,15H2,1-3H3,(H,17,19);1H/t8-;/m1./s1. The summed E-state index contributed by atoms with van der Waals surface area (Å²) in [6.07, 6.45) is -2.09. The lowest BCUT2D eigenvalue weighted by molar-refractivity contribution is -0.142. The van der Waals surface area contributed by atoms with Crippen LogP contribution in [0.15, 0.2) is 12.4 Å². The molecule has 1 rings (SSSR count). The number of nitrogens with two attached hydrogens (primary N) is 1. The van der Waals surface area contributed by atoms with Gasteiger partial charge in [-0.25, -0.2) is 0 Å². The minimum absolute atomic E-state index is 0. The summed E-state index contributed by atoms with van der Waals surface area (Å²) in [5.74, 6) is -0.459. The van der Waals surface area contributed by atoms with Gasteiger partial charge in [-0.05, 0) is 5.41 Å². The van der Waals surface area contributed by atoms with E-state index in [0.717, 1.165) is 12.4 Å². The van der Waals surface area contributed by atoms with Gasteiger partial charge < -0.3 is 11.1 Å². The molecule has 9 heteroatoms. The second-order valence-corrected chi connectivity index (χ2v) is 5.37. The van der Waals surface area contributed by atoms with Crippen molar-refractivity contribution < 1.29 is 18.0 Å². The average molecular weight is 315 g/mol. The Morgan fingerprint density at radius 1 is 1.45 bits per heavy atom. The van der Waals surface area contributed by atoms with Crippen molar-refractivity contribution in [3.05, 3.63) is 12.4 Å². The monoisotopic (exact) mass is 314 g/mol. The smallest absolute Gasteiger partial charge is 0.322 e. The van der Waals surface area contributed by atoms with Crippen LogP contribution < -0.4 is 11.1 Å². The van der Waals surface area contributed by atoms with E-state index in [2.05, 4.69) is 10.4 Å². The zero-order chi connectivity index (χ0) is 14.8. The molecule has 5 nitrogen and oxygen atoms in total. The molecule has 0 saturated heterocycles. The molecular weight excluding hydrogens is 297 g/mol. The van der Waals surface area contributed by atoms with E-state index in [0.29, 0.717) is 4.68 Å². The van der Waals surface area contributed by atoms with Crippen molar-refractivity contribution in [3.8, 4) is 0 Å². The maximum atomic E-state index is 12.1. The van der Waals surface area contributed by atoms with Crippen LogP contribution in [0, 0.1) is 5.41 Å². The summed E-state index contributed by atoms with van der Waals surface area (Å²) >= 11 is 0. The van der Waals surface area contributed by atoms with E-state index in [1.54, 1.807) is 20.8 Å². The number of amides is 1. The molecule has 0 unspecified atom stereocenters. The Balaban J connectivity index is 0.00000361. The Kier molecular flexibility index (Phi) is 6.03. The van der Waals surface area contributed by atoms with E-state index >= 15 is 0 Å². The molecule has 3 N–H and O–H groups in total. The van der Waals surface area contributed by atoms with Gasteiger partial charge in [0.2, 0.25) is 5.91 Å². The van der Waals surface area contributed by atoms with E-state index in [9.17, 15) is 18.0 Å². The molecular formula is C11H18ClF3N4O. The fraction of sp³-hybridized carbons (Fsp3) is 0.636. The number of nitrogens with zero attached hydrogens (tertiary/aromatic N) is 2. The molecule has 1 aromatic heterocycles. The van der Waals surface area contributed by atoms with Crippen LogP contribution in [0.4, 0.5) is 18.9 Å². The van der Waals surface area contributed by atoms with E-state index in [1.807, 2.05) is 0 Å². The highest BCUT2D eigenvalue weighted by atomic mass is 35.5. The molecule has 0 aromatic carbocycles. The summed E-state index contributed by atoms with van der Waals surface area (Å²) in [6, 6.07) is -0.765. The molecule has 0 radical (unpaired) electrons. The second kappa shape index (κ2) is 6.45. The number of halogens is 4. The Bertz CT molecular complexity index is 453. The molecule has 1 amide bonds. The number of hydrogen-bond acceptors (Lipinski definition) is 3. The lowest BCUT2D eigenvalue weighted by Gasteiger charge is -2.25. The topological polar surface area (TPSA) is 72.9 Å². The summed E-state index contributed by atoms with van der Waals surface area (Å²) < 4.78 is 37.1. The van der Waals surface area contributed by atoms with Gasteiger partial charge in [0.1, 0.15) is 6.54 Å². The summed E-state index contributed by atoms with van der Waals surface area (Å²) in [5.41, 5.74) is 5.48. The Morgan fingerprint density at radius 2 is 2.00 bits per heavy atom. The quantitative estimate of drug-likeness (QED) is 0.898. The Morgan fingerprint density at radius 3 is 2.45 bits per heavy atom. The Hall–Kier alpha value is -1.28. The third kappa shape index (κ3) is 5.79. The molecule has 1 aromatic rings. The van der Waals surface area contributed by atoms with E-state index < -0.39 is 30.1 Å². The maximum absolute atomic E-state index is 12.1. The molecule has 1 atom stereocenters. The molecule has 0 aliphatic heterocycles. The van der Waals surface area contributed by atoms with Gasteiger partial charge in [-0.15, -0.1) is 12.4 Å². The van der Waals surface area contributed by atoms with Crippen LogP contribution in [0.2, 0.25) is 0 Å². The zero-order valence-corrected chi connectivity index (χ0v) is 12.2. The van der Waals surface area contributed by atoms with Crippen LogP contribution in [0.5, 0.6) is 0 Å². The number of hydrogen-bond donors (Lipinski definition) is 2. The second-order valence-electron chi connectivity index (χ2n) is 5.37. The zero-order valence-electron chi connectivity index (χ0n) is 11.4. The summed E-state index contributed by atoms with van der Waals surface area (Å²) in [6.45, 7) is 4.19. The fourth-order valence-electron chi connectivity index (χ4n) is 1.31. The fourth-order valence-corrected chi connectivity index (χ4v) is 1.31.